The molecule has 0 unspecified atom stereocenters. The fraction of sp³-hybridized carbons (Fsp3) is 0.368. The number of cyclic esters (lactones) is 1. The van der Waals surface area contributed by atoms with Gasteiger partial charge in [-0.15, -0.1) is 0 Å². The molecule has 0 aliphatic carbocycles. The van der Waals surface area contributed by atoms with Crippen LogP contribution in [-0.2, 0) is 9.53 Å². The highest BCUT2D eigenvalue weighted by atomic mass is 79.9. The molecule has 1 aliphatic rings. The lowest BCUT2D eigenvalue weighted by Crippen LogP contribution is -2.16. The lowest BCUT2D eigenvalue weighted by atomic mass is 10.0. The van der Waals surface area contributed by atoms with Crippen LogP contribution < -0.4 is 4.74 Å². The number of Topliss-reactive ketones (excluding diaryl/α,β-unsaturated/α-hetero) is 1. The Hall–Kier alpha value is -2.12. The van der Waals surface area contributed by atoms with Crippen molar-refractivity contribution in [3.05, 3.63) is 39.9 Å². The van der Waals surface area contributed by atoms with Crippen molar-refractivity contribution in [2.45, 2.75) is 38.4 Å². The molecule has 0 fully saturated rings. The Balaban J connectivity index is 2.51. The van der Waals surface area contributed by atoms with E-state index < -0.39 is 18.2 Å². The summed E-state index contributed by atoms with van der Waals surface area (Å²) in [5.74, 6) is -0.720. The molecule has 2 rings (SSSR count). The Morgan fingerprint density at radius 2 is 2.04 bits per heavy atom. The largest absolute Gasteiger partial charge is 0.507 e. The van der Waals surface area contributed by atoms with Crippen molar-refractivity contribution in [3.63, 3.8) is 0 Å². The molecule has 1 aromatic rings. The number of hydrogen-bond donors (Lipinski definition) is 2. The van der Waals surface area contributed by atoms with E-state index in [1.54, 1.807) is 31.2 Å². The van der Waals surface area contributed by atoms with Gasteiger partial charge >= 0.3 is 5.97 Å². The third-order valence-electron chi connectivity index (χ3n) is 3.87. The van der Waals surface area contributed by atoms with Crippen LogP contribution in [0.25, 0.3) is 6.08 Å². The smallest absolute Gasteiger partial charge is 0.343 e. The van der Waals surface area contributed by atoms with E-state index in [4.69, 9.17) is 9.47 Å². The molecule has 1 aliphatic heterocycles. The minimum absolute atomic E-state index is 0.00296. The maximum atomic E-state index is 12.6. The van der Waals surface area contributed by atoms with Crippen LogP contribution in [0.5, 0.6) is 11.5 Å². The Morgan fingerprint density at radius 1 is 1.31 bits per heavy atom. The summed E-state index contributed by atoms with van der Waals surface area (Å²) in [4.78, 5) is 24.4. The Kier molecular flexibility index (Phi) is 6.99. The second-order valence-electron chi connectivity index (χ2n) is 5.98. The number of allylic oxidation sites excluding steroid dienone is 1. The minimum Gasteiger partial charge on any atom is -0.507 e. The molecule has 7 heteroatoms. The Morgan fingerprint density at radius 3 is 2.73 bits per heavy atom. The molecule has 0 aromatic heterocycles. The number of phenols is 1. The van der Waals surface area contributed by atoms with Crippen molar-refractivity contribution in [2.24, 2.45) is 0 Å². The van der Waals surface area contributed by atoms with Gasteiger partial charge in [0.15, 0.2) is 0 Å². The second-order valence-corrected chi connectivity index (χ2v) is 6.77. The SMILES string of the molecule is COc1cc(O)c2c(c1Br)C=CC[C@H](O)CC(=O)CC=C[C@H](C)OC2=O. The number of esters is 1. The van der Waals surface area contributed by atoms with E-state index in [1.807, 2.05) is 0 Å². The van der Waals surface area contributed by atoms with Crippen molar-refractivity contribution in [1.29, 1.82) is 0 Å². The molecule has 2 N–H and O–H groups in total. The number of aliphatic hydroxyl groups is 1. The van der Waals surface area contributed by atoms with E-state index in [0.717, 1.165) is 0 Å². The summed E-state index contributed by atoms with van der Waals surface area (Å²) in [7, 11) is 1.44. The Bertz CT molecular complexity index is 753. The van der Waals surface area contributed by atoms with Gasteiger partial charge in [0.25, 0.3) is 0 Å². The lowest BCUT2D eigenvalue weighted by molar-refractivity contribution is -0.120. The first kappa shape index (κ1) is 20.2. The van der Waals surface area contributed by atoms with Crippen molar-refractivity contribution in [2.75, 3.05) is 7.11 Å². The van der Waals surface area contributed by atoms with Gasteiger partial charge in [-0.2, -0.15) is 0 Å². The molecular formula is C19H21BrO6. The number of ketones is 1. The molecule has 1 aromatic carbocycles. The summed E-state index contributed by atoms with van der Waals surface area (Å²) >= 11 is 3.37. The molecule has 140 valence electrons. The summed E-state index contributed by atoms with van der Waals surface area (Å²) in [5, 5.41) is 20.3. The van der Waals surface area contributed by atoms with Crippen LogP contribution in [0.1, 0.15) is 42.1 Å². The number of aromatic hydroxyl groups is 1. The topological polar surface area (TPSA) is 93.1 Å². The van der Waals surface area contributed by atoms with Crippen molar-refractivity contribution in [3.8, 4) is 11.5 Å². The zero-order valence-electron chi connectivity index (χ0n) is 14.6. The normalized spacial score (nSPS) is 21.7. The number of fused-ring (bicyclic) bond motifs is 1. The number of hydrogen-bond acceptors (Lipinski definition) is 6. The van der Waals surface area contributed by atoms with Crippen LogP contribution in [0.15, 0.2) is 28.8 Å². The molecule has 26 heavy (non-hydrogen) atoms. The molecule has 0 saturated carbocycles. The molecule has 0 saturated heterocycles. The number of aliphatic hydroxyl groups excluding tert-OH is 1. The first-order valence-electron chi connectivity index (χ1n) is 8.16. The predicted octanol–water partition coefficient (Wildman–Crippen LogP) is 3.39. The predicted molar refractivity (Wildman–Crippen MR) is 100 cm³/mol. The first-order chi connectivity index (χ1) is 12.3. The first-order valence-corrected chi connectivity index (χ1v) is 8.96. The van der Waals surface area contributed by atoms with E-state index in [2.05, 4.69) is 15.9 Å². The minimum atomic E-state index is -0.819. The van der Waals surface area contributed by atoms with E-state index >= 15 is 0 Å². The van der Waals surface area contributed by atoms with Gasteiger partial charge < -0.3 is 19.7 Å². The number of methoxy groups -OCH3 is 1. The highest BCUT2D eigenvalue weighted by molar-refractivity contribution is 9.10. The number of rotatable bonds is 1. The molecule has 2 atom stereocenters. The van der Waals surface area contributed by atoms with Crippen molar-refractivity contribution >= 4 is 33.8 Å². The summed E-state index contributed by atoms with van der Waals surface area (Å²) in [6, 6.07) is 1.33. The quantitative estimate of drug-likeness (QED) is 0.529. The third-order valence-corrected chi connectivity index (χ3v) is 4.69. The Labute approximate surface area is 160 Å². The van der Waals surface area contributed by atoms with Crippen LogP contribution in [-0.4, -0.2) is 41.3 Å². The number of benzene rings is 1. The van der Waals surface area contributed by atoms with Crippen LogP contribution in [0, 0.1) is 0 Å². The standard InChI is InChI=1S/C19H21BrO6/c1-11-5-3-6-12(21)9-13(22)7-4-8-14-17(19(24)26-11)15(23)10-16(25-2)18(14)20/h3-5,8,10-11,13,22-23H,6-7,9H2,1-2H3/t11-,13-/m0/s1. The van der Waals surface area contributed by atoms with Gasteiger partial charge in [-0.25, -0.2) is 4.79 Å². The van der Waals surface area contributed by atoms with E-state index in [1.165, 1.54) is 13.2 Å². The molecular weight excluding hydrogens is 404 g/mol. The van der Waals surface area contributed by atoms with Crippen LogP contribution in [0.2, 0.25) is 0 Å². The van der Waals surface area contributed by atoms with E-state index in [0.29, 0.717) is 15.8 Å². The van der Waals surface area contributed by atoms with Crippen LogP contribution >= 0.6 is 15.9 Å². The highest BCUT2D eigenvalue weighted by Crippen LogP contribution is 2.38. The van der Waals surface area contributed by atoms with Gasteiger partial charge in [0.2, 0.25) is 0 Å². The summed E-state index contributed by atoms with van der Waals surface area (Å²) in [6.45, 7) is 1.66. The van der Waals surface area contributed by atoms with Crippen molar-refractivity contribution < 1.29 is 29.3 Å². The molecule has 0 amide bonds. The number of carbonyl (C=O) groups excluding carboxylic acids is 2. The monoisotopic (exact) mass is 424 g/mol. The van der Waals surface area contributed by atoms with Crippen LogP contribution in [0.4, 0.5) is 0 Å². The zero-order chi connectivity index (χ0) is 19.3. The van der Waals surface area contributed by atoms with E-state index in [-0.39, 0.29) is 36.4 Å². The number of carbonyl (C=O) groups is 2. The maximum Gasteiger partial charge on any atom is 0.343 e. The van der Waals surface area contributed by atoms with Crippen LogP contribution in [0.3, 0.4) is 0 Å². The van der Waals surface area contributed by atoms with Gasteiger partial charge in [0, 0.05) is 24.5 Å². The average molecular weight is 425 g/mol. The molecule has 6 nitrogen and oxygen atoms in total. The zero-order valence-corrected chi connectivity index (χ0v) is 16.2. The number of ether oxygens (including phenoxy) is 2. The molecule has 1 heterocycles. The van der Waals surface area contributed by atoms with Crippen molar-refractivity contribution in [1.82, 2.24) is 0 Å². The van der Waals surface area contributed by atoms with E-state index in [9.17, 15) is 19.8 Å². The fourth-order valence-corrected chi connectivity index (χ4v) is 3.20. The van der Waals surface area contributed by atoms with Gasteiger partial charge in [-0.3, -0.25) is 4.79 Å². The summed E-state index contributed by atoms with van der Waals surface area (Å²) in [6.07, 6.45) is 5.46. The van der Waals surface area contributed by atoms with Gasteiger partial charge in [0.1, 0.15) is 28.9 Å². The average Bonchev–Trinajstić information content (AvgIpc) is 2.56. The lowest BCUT2D eigenvalue weighted by Gasteiger charge is -2.16. The summed E-state index contributed by atoms with van der Waals surface area (Å²) in [5.41, 5.74) is 0.371. The number of halogens is 1. The van der Waals surface area contributed by atoms with Gasteiger partial charge in [0.05, 0.1) is 17.7 Å². The molecule has 0 radical (unpaired) electrons. The summed E-state index contributed by atoms with van der Waals surface area (Å²) < 4.78 is 11.0. The maximum absolute atomic E-state index is 12.6. The number of phenolic OH excluding ortho intramolecular Hbond substituents is 1. The van der Waals surface area contributed by atoms with Gasteiger partial charge in [-0.05, 0) is 35.4 Å². The highest BCUT2D eigenvalue weighted by Gasteiger charge is 2.23. The molecule has 0 spiro atoms. The fourth-order valence-electron chi connectivity index (χ4n) is 2.59. The van der Waals surface area contributed by atoms with Gasteiger partial charge in [-0.1, -0.05) is 18.2 Å². The molecule has 0 bridgehead atoms. The third kappa shape index (κ3) is 4.95. The second kappa shape index (κ2) is 9.00.